The van der Waals surface area contributed by atoms with E-state index in [-0.39, 0.29) is 12.5 Å². The first-order valence-corrected chi connectivity index (χ1v) is 9.34. The molecule has 0 aliphatic rings. The summed E-state index contributed by atoms with van der Waals surface area (Å²) in [6, 6.07) is 0. The Kier molecular flexibility index (Phi) is 7.28. The summed E-state index contributed by atoms with van der Waals surface area (Å²) in [5.74, 6) is -1.84. The number of aryl methyl sites for hydroxylation is 1. The molecule has 0 spiro atoms. The van der Waals surface area contributed by atoms with Crippen molar-refractivity contribution in [2.24, 2.45) is 13.0 Å². The van der Waals surface area contributed by atoms with E-state index in [4.69, 9.17) is 9.84 Å². The van der Waals surface area contributed by atoms with E-state index in [0.29, 0.717) is 36.9 Å². The molecule has 1 N–H and O–H groups in total. The number of nitrogens with zero attached hydrogens (tertiary/aromatic N) is 4. The van der Waals surface area contributed by atoms with Crippen LogP contribution in [0.15, 0.2) is 17.8 Å². The Morgan fingerprint density at radius 3 is 2.85 bits per heavy atom. The molecule has 8 nitrogen and oxygen atoms in total. The lowest BCUT2D eigenvalue weighted by Gasteiger charge is -2.23. The van der Waals surface area contributed by atoms with E-state index in [2.05, 4.69) is 10.1 Å². The number of aliphatic carboxylic acids is 1. The Hall–Kier alpha value is -2.26. The van der Waals surface area contributed by atoms with Gasteiger partial charge in [0.1, 0.15) is 10.7 Å². The third-order valence-corrected chi connectivity index (χ3v) is 4.69. The van der Waals surface area contributed by atoms with Crippen molar-refractivity contribution in [2.45, 2.75) is 20.3 Å². The van der Waals surface area contributed by atoms with Gasteiger partial charge in [-0.3, -0.25) is 14.3 Å². The van der Waals surface area contributed by atoms with Crippen LogP contribution in [0, 0.1) is 5.92 Å². The smallest absolute Gasteiger partial charge is 0.308 e. The number of carbonyl (C=O) groups is 2. The van der Waals surface area contributed by atoms with Crippen LogP contribution < -0.4 is 0 Å². The van der Waals surface area contributed by atoms with E-state index in [1.807, 2.05) is 20.2 Å². The molecular weight excluding hydrogens is 356 g/mol. The lowest BCUT2D eigenvalue weighted by molar-refractivity contribution is -0.141. The summed E-state index contributed by atoms with van der Waals surface area (Å²) in [7, 11) is 1.82. The molecule has 2 aromatic heterocycles. The van der Waals surface area contributed by atoms with Crippen molar-refractivity contribution in [2.75, 3.05) is 26.3 Å². The predicted octanol–water partition coefficient (Wildman–Crippen LogP) is 2.13. The minimum Gasteiger partial charge on any atom is -0.481 e. The monoisotopic (exact) mass is 380 g/mol. The van der Waals surface area contributed by atoms with Gasteiger partial charge in [0.15, 0.2) is 0 Å². The number of rotatable bonds is 10. The van der Waals surface area contributed by atoms with Crippen molar-refractivity contribution >= 4 is 23.2 Å². The number of carboxylic acid groups (broad SMARTS) is 1. The highest BCUT2D eigenvalue weighted by molar-refractivity contribution is 7.13. The van der Waals surface area contributed by atoms with Gasteiger partial charge in [0.05, 0.1) is 12.1 Å². The first-order valence-electron chi connectivity index (χ1n) is 8.46. The zero-order valence-electron chi connectivity index (χ0n) is 15.2. The molecule has 1 atom stereocenters. The van der Waals surface area contributed by atoms with Gasteiger partial charge in [-0.2, -0.15) is 5.10 Å². The average Bonchev–Trinajstić information content (AvgIpc) is 3.25. The van der Waals surface area contributed by atoms with Crippen LogP contribution in [-0.2, 0) is 16.6 Å². The highest BCUT2D eigenvalue weighted by Gasteiger charge is 2.23. The molecule has 0 fully saturated rings. The summed E-state index contributed by atoms with van der Waals surface area (Å²) >= 11 is 1.37. The minimum atomic E-state index is -0.929. The number of amides is 1. The van der Waals surface area contributed by atoms with E-state index >= 15 is 0 Å². The Morgan fingerprint density at radius 1 is 1.46 bits per heavy atom. The number of ether oxygens (including phenoxy) is 1. The van der Waals surface area contributed by atoms with E-state index < -0.39 is 11.9 Å². The lowest BCUT2D eigenvalue weighted by Crippen LogP contribution is -2.38. The fourth-order valence-electron chi connectivity index (χ4n) is 2.38. The molecule has 0 aliphatic carbocycles. The lowest BCUT2D eigenvalue weighted by atomic mass is 10.1. The second-order valence-corrected chi connectivity index (χ2v) is 6.84. The number of thiazole rings is 1. The van der Waals surface area contributed by atoms with Crippen LogP contribution in [0.25, 0.3) is 10.6 Å². The fourth-order valence-corrected chi connectivity index (χ4v) is 3.15. The topological polar surface area (TPSA) is 97.5 Å². The van der Waals surface area contributed by atoms with Crippen LogP contribution in [0.1, 0.15) is 30.8 Å². The first kappa shape index (κ1) is 20.1. The second kappa shape index (κ2) is 9.44. The molecule has 0 aromatic carbocycles. The maximum atomic E-state index is 12.8. The van der Waals surface area contributed by atoms with Gasteiger partial charge in [-0.15, -0.1) is 11.3 Å². The van der Waals surface area contributed by atoms with Crippen LogP contribution in [0.5, 0.6) is 0 Å². The maximum Gasteiger partial charge on any atom is 0.308 e. The highest BCUT2D eigenvalue weighted by Crippen LogP contribution is 2.23. The Labute approximate surface area is 156 Å². The van der Waals surface area contributed by atoms with E-state index in [1.165, 1.54) is 11.3 Å². The molecule has 0 saturated heterocycles. The summed E-state index contributed by atoms with van der Waals surface area (Å²) in [6.07, 6.45) is 4.17. The molecule has 1 unspecified atom stereocenters. The first-order chi connectivity index (χ1) is 12.4. The fraction of sp³-hybridized carbons (Fsp3) is 0.529. The number of hydrogen-bond donors (Lipinski definition) is 1. The third kappa shape index (κ3) is 5.37. The van der Waals surface area contributed by atoms with Crippen LogP contribution in [0.2, 0.25) is 0 Å². The number of carbonyl (C=O) groups excluding carboxylic acids is 1. The molecule has 1 amide bonds. The quantitative estimate of drug-likeness (QED) is 0.634. The molecule has 26 heavy (non-hydrogen) atoms. The van der Waals surface area contributed by atoms with Gasteiger partial charge < -0.3 is 14.7 Å². The second-order valence-electron chi connectivity index (χ2n) is 5.98. The zero-order chi connectivity index (χ0) is 19.1. The van der Waals surface area contributed by atoms with Crippen molar-refractivity contribution in [3.63, 3.8) is 0 Å². The van der Waals surface area contributed by atoms with E-state index in [0.717, 1.165) is 5.56 Å². The van der Waals surface area contributed by atoms with Gasteiger partial charge in [0, 0.05) is 50.5 Å². The average molecular weight is 380 g/mol. The van der Waals surface area contributed by atoms with Crippen LogP contribution in [0.4, 0.5) is 0 Å². The predicted molar refractivity (Wildman–Crippen MR) is 98.1 cm³/mol. The molecule has 2 heterocycles. The molecule has 0 saturated carbocycles. The summed E-state index contributed by atoms with van der Waals surface area (Å²) in [5.41, 5.74) is 1.17. The minimum absolute atomic E-state index is 0.139. The van der Waals surface area contributed by atoms with E-state index in [9.17, 15) is 9.59 Å². The summed E-state index contributed by atoms with van der Waals surface area (Å²) in [6.45, 7) is 5.20. The molecule has 2 rings (SSSR count). The molecular formula is C17H24N4O4S. The van der Waals surface area contributed by atoms with Crippen molar-refractivity contribution in [1.82, 2.24) is 19.7 Å². The number of hydrogen-bond acceptors (Lipinski definition) is 6. The largest absolute Gasteiger partial charge is 0.481 e. The normalized spacial score (nSPS) is 12.1. The van der Waals surface area contributed by atoms with Gasteiger partial charge in [-0.25, -0.2) is 4.98 Å². The summed E-state index contributed by atoms with van der Waals surface area (Å²) < 4.78 is 6.98. The summed E-state index contributed by atoms with van der Waals surface area (Å²) in [5, 5.41) is 15.7. The van der Waals surface area contributed by atoms with Crippen LogP contribution in [-0.4, -0.2) is 63.0 Å². The van der Waals surface area contributed by atoms with Gasteiger partial charge in [-0.05, 0) is 13.3 Å². The maximum absolute atomic E-state index is 12.8. The molecule has 0 radical (unpaired) electrons. The Balaban J connectivity index is 2.11. The molecule has 9 heteroatoms. The molecule has 0 aliphatic heterocycles. The number of aromatic nitrogens is 3. The molecule has 0 bridgehead atoms. The van der Waals surface area contributed by atoms with Crippen molar-refractivity contribution in [3.05, 3.63) is 23.5 Å². The van der Waals surface area contributed by atoms with Crippen molar-refractivity contribution in [1.29, 1.82) is 0 Å². The Bertz CT molecular complexity index is 743. The molecule has 2 aromatic rings. The van der Waals surface area contributed by atoms with Crippen molar-refractivity contribution in [3.8, 4) is 10.6 Å². The van der Waals surface area contributed by atoms with Crippen LogP contribution in [0.3, 0.4) is 0 Å². The Morgan fingerprint density at radius 2 is 2.23 bits per heavy atom. The van der Waals surface area contributed by atoms with Gasteiger partial charge in [0.25, 0.3) is 5.91 Å². The summed E-state index contributed by atoms with van der Waals surface area (Å²) in [4.78, 5) is 30.0. The zero-order valence-corrected chi connectivity index (χ0v) is 16.0. The third-order valence-electron chi connectivity index (χ3n) is 3.80. The standard InChI is InChI=1S/C17H24N4O4S/c1-4-25-7-5-6-21(9-12(2)17(23)24)16(22)14-11-26-15(19-14)13-8-18-20(3)10-13/h8,10-12H,4-7,9H2,1-3H3,(H,23,24). The number of carboxylic acids is 1. The molecule has 142 valence electrons. The van der Waals surface area contributed by atoms with Gasteiger partial charge in [0.2, 0.25) is 0 Å². The van der Waals surface area contributed by atoms with Crippen molar-refractivity contribution < 1.29 is 19.4 Å². The van der Waals surface area contributed by atoms with E-state index in [1.54, 1.807) is 28.1 Å². The SMILES string of the molecule is CCOCCCN(CC(C)C(=O)O)C(=O)c1csc(-c2cnn(C)c2)n1. The van der Waals surface area contributed by atoms with Gasteiger partial charge >= 0.3 is 5.97 Å². The van der Waals surface area contributed by atoms with Gasteiger partial charge in [-0.1, -0.05) is 6.92 Å². The van der Waals surface area contributed by atoms with Crippen LogP contribution >= 0.6 is 11.3 Å². The highest BCUT2D eigenvalue weighted by atomic mass is 32.1.